The molecule has 0 aromatic heterocycles. The summed E-state index contributed by atoms with van der Waals surface area (Å²) in [5.41, 5.74) is 1.50. The van der Waals surface area contributed by atoms with E-state index in [-0.39, 0.29) is 5.97 Å². The molecule has 0 saturated heterocycles. The zero-order valence-electron chi connectivity index (χ0n) is 13.1. The predicted octanol–water partition coefficient (Wildman–Crippen LogP) is 4.38. The standard InChI is InChI=1S/C17H26O3/c1-5-19-17(18)15-11-8-10-14(4)16(15)20-12-7-6-9-13(2)3/h8,10-11,13H,5-7,9,12H2,1-4H3. The van der Waals surface area contributed by atoms with E-state index in [1.165, 1.54) is 6.42 Å². The Hall–Kier alpha value is -1.51. The molecule has 0 bridgehead atoms. The molecule has 0 amide bonds. The monoisotopic (exact) mass is 278 g/mol. The predicted molar refractivity (Wildman–Crippen MR) is 81.3 cm³/mol. The van der Waals surface area contributed by atoms with Crippen molar-refractivity contribution >= 4 is 5.97 Å². The number of unbranched alkanes of at least 4 members (excludes halogenated alkanes) is 1. The molecule has 0 spiro atoms. The van der Waals surface area contributed by atoms with Gasteiger partial charge in [0, 0.05) is 0 Å². The second-order valence-corrected chi connectivity index (χ2v) is 5.41. The lowest BCUT2D eigenvalue weighted by Gasteiger charge is -2.13. The highest BCUT2D eigenvalue weighted by Gasteiger charge is 2.15. The Morgan fingerprint density at radius 3 is 2.65 bits per heavy atom. The van der Waals surface area contributed by atoms with E-state index in [2.05, 4.69) is 13.8 Å². The molecule has 1 aromatic rings. The Bertz CT molecular complexity index is 424. The summed E-state index contributed by atoms with van der Waals surface area (Å²) in [6.45, 7) is 9.22. The maximum atomic E-state index is 11.9. The van der Waals surface area contributed by atoms with Crippen LogP contribution < -0.4 is 4.74 Å². The van der Waals surface area contributed by atoms with Gasteiger partial charge in [-0.15, -0.1) is 0 Å². The van der Waals surface area contributed by atoms with Crippen LogP contribution in [-0.4, -0.2) is 19.2 Å². The Kier molecular flexibility index (Phi) is 7.13. The van der Waals surface area contributed by atoms with Crippen LogP contribution in [0, 0.1) is 12.8 Å². The number of hydrogen-bond donors (Lipinski definition) is 0. The van der Waals surface area contributed by atoms with Crippen molar-refractivity contribution in [1.82, 2.24) is 0 Å². The second-order valence-electron chi connectivity index (χ2n) is 5.41. The average Bonchev–Trinajstić information content (AvgIpc) is 2.39. The largest absolute Gasteiger partial charge is 0.492 e. The third-order valence-electron chi connectivity index (χ3n) is 3.13. The molecule has 112 valence electrons. The van der Waals surface area contributed by atoms with Gasteiger partial charge in [-0.25, -0.2) is 4.79 Å². The lowest BCUT2D eigenvalue weighted by atomic mass is 10.1. The van der Waals surface area contributed by atoms with Gasteiger partial charge in [-0.1, -0.05) is 32.4 Å². The van der Waals surface area contributed by atoms with E-state index >= 15 is 0 Å². The molecule has 0 saturated carbocycles. The highest BCUT2D eigenvalue weighted by atomic mass is 16.5. The minimum absolute atomic E-state index is 0.312. The van der Waals surface area contributed by atoms with Crippen LogP contribution in [0.25, 0.3) is 0 Å². The van der Waals surface area contributed by atoms with E-state index in [4.69, 9.17) is 9.47 Å². The topological polar surface area (TPSA) is 35.5 Å². The van der Waals surface area contributed by atoms with Gasteiger partial charge in [0.1, 0.15) is 11.3 Å². The summed E-state index contributed by atoms with van der Waals surface area (Å²) in [5, 5.41) is 0. The fourth-order valence-electron chi connectivity index (χ4n) is 2.04. The van der Waals surface area contributed by atoms with Crippen molar-refractivity contribution < 1.29 is 14.3 Å². The highest BCUT2D eigenvalue weighted by Crippen LogP contribution is 2.24. The van der Waals surface area contributed by atoms with Crippen LogP contribution in [0.2, 0.25) is 0 Å². The molecule has 20 heavy (non-hydrogen) atoms. The molecule has 0 aliphatic carbocycles. The fourth-order valence-corrected chi connectivity index (χ4v) is 2.04. The number of carbonyl (C=O) groups is 1. The normalized spacial score (nSPS) is 10.7. The SMILES string of the molecule is CCOC(=O)c1cccc(C)c1OCCCCC(C)C. The van der Waals surface area contributed by atoms with E-state index in [1.807, 2.05) is 19.1 Å². The number of benzene rings is 1. The summed E-state index contributed by atoms with van der Waals surface area (Å²) in [7, 11) is 0. The summed E-state index contributed by atoms with van der Waals surface area (Å²) in [5.74, 6) is 1.08. The number of rotatable bonds is 8. The van der Waals surface area contributed by atoms with E-state index in [0.29, 0.717) is 24.5 Å². The molecule has 0 aliphatic rings. The molecule has 0 atom stereocenters. The molecule has 0 heterocycles. The minimum Gasteiger partial charge on any atom is -0.492 e. The van der Waals surface area contributed by atoms with Gasteiger partial charge >= 0.3 is 5.97 Å². The molecule has 1 aromatic carbocycles. The number of hydrogen-bond acceptors (Lipinski definition) is 3. The fraction of sp³-hybridized carbons (Fsp3) is 0.588. The second kappa shape index (κ2) is 8.62. The maximum Gasteiger partial charge on any atom is 0.341 e. The number of ether oxygens (including phenoxy) is 2. The quantitative estimate of drug-likeness (QED) is 0.523. The van der Waals surface area contributed by atoms with E-state index in [0.717, 1.165) is 24.3 Å². The van der Waals surface area contributed by atoms with Crippen molar-refractivity contribution in [3.8, 4) is 5.75 Å². The van der Waals surface area contributed by atoms with Crippen LogP contribution in [0.15, 0.2) is 18.2 Å². The average molecular weight is 278 g/mol. The van der Waals surface area contributed by atoms with Gasteiger partial charge in [0.25, 0.3) is 0 Å². The van der Waals surface area contributed by atoms with Gasteiger partial charge in [-0.3, -0.25) is 0 Å². The molecule has 0 N–H and O–H groups in total. The number of esters is 1. The third-order valence-corrected chi connectivity index (χ3v) is 3.13. The number of aryl methyl sites for hydroxylation is 1. The van der Waals surface area contributed by atoms with Gasteiger partial charge in [0.05, 0.1) is 13.2 Å². The van der Waals surface area contributed by atoms with Crippen LogP contribution in [0.1, 0.15) is 56.0 Å². The summed E-state index contributed by atoms with van der Waals surface area (Å²) in [4.78, 5) is 11.9. The zero-order valence-corrected chi connectivity index (χ0v) is 13.1. The van der Waals surface area contributed by atoms with Gasteiger partial charge in [-0.2, -0.15) is 0 Å². The van der Waals surface area contributed by atoms with Crippen LogP contribution in [0.4, 0.5) is 0 Å². The molecular formula is C17H26O3. The van der Waals surface area contributed by atoms with Crippen molar-refractivity contribution in [2.75, 3.05) is 13.2 Å². The van der Waals surface area contributed by atoms with Crippen LogP contribution in [0.3, 0.4) is 0 Å². The first-order chi connectivity index (χ1) is 9.56. The molecule has 3 nitrogen and oxygen atoms in total. The lowest BCUT2D eigenvalue weighted by molar-refractivity contribution is 0.0521. The Balaban J connectivity index is 2.61. The Morgan fingerprint density at radius 2 is 2.00 bits per heavy atom. The van der Waals surface area contributed by atoms with Crippen LogP contribution in [0.5, 0.6) is 5.75 Å². The van der Waals surface area contributed by atoms with Crippen molar-refractivity contribution in [2.24, 2.45) is 5.92 Å². The van der Waals surface area contributed by atoms with Crippen molar-refractivity contribution in [1.29, 1.82) is 0 Å². The zero-order chi connectivity index (χ0) is 15.0. The summed E-state index contributed by atoms with van der Waals surface area (Å²) >= 11 is 0. The van der Waals surface area contributed by atoms with Gasteiger partial charge in [-0.05, 0) is 44.2 Å². The van der Waals surface area contributed by atoms with Gasteiger partial charge in [0.2, 0.25) is 0 Å². The van der Waals surface area contributed by atoms with Gasteiger partial charge < -0.3 is 9.47 Å². The maximum absolute atomic E-state index is 11.9. The van der Waals surface area contributed by atoms with Crippen molar-refractivity contribution in [3.05, 3.63) is 29.3 Å². The first kappa shape index (κ1) is 16.5. The molecule has 0 aliphatic heterocycles. The molecule has 1 rings (SSSR count). The summed E-state index contributed by atoms with van der Waals surface area (Å²) < 4.78 is 10.9. The summed E-state index contributed by atoms with van der Waals surface area (Å²) in [6, 6.07) is 5.56. The Labute approximate surface area is 122 Å². The highest BCUT2D eigenvalue weighted by molar-refractivity contribution is 5.93. The summed E-state index contributed by atoms with van der Waals surface area (Å²) in [6.07, 6.45) is 3.37. The first-order valence-corrected chi connectivity index (χ1v) is 7.45. The van der Waals surface area contributed by atoms with E-state index in [1.54, 1.807) is 13.0 Å². The van der Waals surface area contributed by atoms with Crippen molar-refractivity contribution in [3.63, 3.8) is 0 Å². The lowest BCUT2D eigenvalue weighted by Crippen LogP contribution is -2.09. The minimum atomic E-state index is -0.312. The van der Waals surface area contributed by atoms with E-state index < -0.39 is 0 Å². The Morgan fingerprint density at radius 1 is 1.25 bits per heavy atom. The molecular weight excluding hydrogens is 252 g/mol. The van der Waals surface area contributed by atoms with E-state index in [9.17, 15) is 4.79 Å². The van der Waals surface area contributed by atoms with Gasteiger partial charge in [0.15, 0.2) is 0 Å². The van der Waals surface area contributed by atoms with Crippen LogP contribution >= 0.6 is 0 Å². The smallest absolute Gasteiger partial charge is 0.341 e. The molecule has 0 radical (unpaired) electrons. The first-order valence-electron chi connectivity index (χ1n) is 7.45. The van der Waals surface area contributed by atoms with Crippen LogP contribution in [-0.2, 0) is 4.74 Å². The number of para-hydroxylation sites is 1. The molecule has 0 unspecified atom stereocenters. The van der Waals surface area contributed by atoms with Crippen molar-refractivity contribution in [2.45, 2.75) is 47.0 Å². The molecule has 0 fully saturated rings. The number of carbonyl (C=O) groups excluding carboxylic acids is 1. The molecule has 3 heteroatoms. The third kappa shape index (κ3) is 5.24.